The summed E-state index contributed by atoms with van der Waals surface area (Å²) < 4.78 is 0. The van der Waals surface area contributed by atoms with Gasteiger partial charge in [-0.25, -0.2) is 0 Å². The van der Waals surface area contributed by atoms with Gasteiger partial charge in [0.1, 0.15) is 0 Å². The molecule has 2 aliphatic rings. The predicted octanol–water partition coefficient (Wildman–Crippen LogP) is 3.38. The van der Waals surface area contributed by atoms with Crippen LogP contribution in [0.1, 0.15) is 0 Å². The van der Waals surface area contributed by atoms with E-state index in [-0.39, 0.29) is 0 Å². The van der Waals surface area contributed by atoms with Crippen LogP contribution in [0.2, 0.25) is 0 Å². The van der Waals surface area contributed by atoms with Crippen molar-refractivity contribution in [2.75, 3.05) is 34.5 Å². The first kappa shape index (κ1) is 13.6. The second-order valence-electron chi connectivity index (χ2n) is 2.45. The summed E-state index contributed by atoms with van der Waals surface area (Å²) in [4.78, 5) is 0. The maximum absolute atomic E-state index is 2.32. The van der Waals surface area contributed by atoms with Crippen LogP contribution in [0.5, 0.6) is 0 Å². The zero-order chi connectivity index (χ0) is 9.64. The van der Waals surface area contributed by atoms with Crippen molar-refractivity contribution in [3.05, 3.63) is 0 Å². The minimum absolute atomic E-state index is 0.470. The van der Waals surface area contributed by atoms with E-state index in [0.29, 0.717) is 0 Å². The Hall–Kier alpha value is 3.22. The van der Waals surface area contributed by atoms with Gasteiger partial charge in [-0.15, -0.1) is 0 Å². The van der Waals surface area contributed by atoms with Crippen molar-refractivity contribution in [2.45, 2.75) is 0 Å². The minimum atomic E-state index is -0.470. The molecule has 0 unspecified atom stereocenters. The maximum atomic E-state index is 2.32. The topological polar surface area (TPSA) is 0 Å². The van der Waals surface area contributed by atoms with E-state index in [1.807, 2.05) is 0 Å². The molecule has 2 aliphatic heterocycles. The van der Waals surface area contributed by atoms with Gasteiger partial charge in [0.15, 0.2) is 0 Å². The molecular weight excluding hydrogens is 414 g/mol. The van der Waals surface area contributed by atoms with Gasteiger partial charge in [-0.2, -0.15) is 0 Å². The van der Waals surface area contributed by atoms with Crippen molar-refractivity contribution < 1.29 is 0 Å². The van der Waals surface area contributed by atoms with E-state index >= 15 is 0 Å². The van der Waals surface area contributed by atoms with Crippen LogP contribution in [-0.4, -0.2) is 56.9 Å². The van der Waals surface area contributed by atoms with Gasteiger partial charge < -0.3 is 0 Å². The van der Waals surface area contributed by atoms with Crippen LogP contribution in [0.3, 0.4) is 0 Å². The molecule has 0 nitrogen and oxygen atoms in total. The number of hydrogen-bond acceptors (Lipinski definition) is 6. The summed E-state index contributed by atoms with van der Waals surface area (Å²) in [7, 11) is 13.8. The molecule has 8 heteroatoms. The quantitative estimate of drug-likeness (QED) is 0.485. The molecule has 0 aromatic carbocycles. The summed E-state index contributed by atoms with van der Waals surface area (Å²) in [6.45, 7) is 0. The molecule has 14 heavy (non-hydrogen) atoms. The van der Waals surface area contributed by atoms with Gasteiger partial charge in [0.2, 0.25) is 0 Å². The van der Waals surface area contributed by atoms with E-state index in [1.54, 1.807) is 0 Å². The second-order valence-corrected chi connectivity index (χ2v) is 36.7. The third-order valence-electron chi connectivity index (χ3n) is 1.43. The van der Waals surface area contributed by atoms with E-state index in [4.69, 9.17) is 0 Å². The van der Waals surface area contributed by atoms with Crippen LogP contribution in [0.15, 0.2) is 0 Å². The standard InChI is InChI=1S/C6H12As2S6/c1-2-10-7(9-1)13-5-6-14-8-11-3-4-12-8/h1-6H2. The molecule has 0 N–H and O–H groups in total. The Kier molecular flexibility index (Phi) is 8.13. The summed E-state index contributed by atoms with van der Waals surface area (Å²) in [6, 6.07) is 0. The van der Waals surface area contributed by atoms with Crippen LogP contribution < -0.4 is 0 Å². The first-order chi connectivity index (χ1) is 6.95. The molecule has 82 valence electrons. The Morgan fingerprint density at radius 1 is 0.714 bits per heavy atom. The molecule has 0 amide bonds. The van der Waals surface area contributed by atoms with Crippen molar-refractivity contribution in [3.63, 3.8) is 0 Å². The van der Waals surface area contributed by atoms with Crippen LogP contribution in [0.4, 0.5) is 0 Å². The third kappa shape index (κ3) is 5.24. The number of rotatable bonds is 5. The molecule has 2 fully saturated rings. The summed E-state index contributed by atoms with van der Waals surface area (Å²) in [5.74, 6) is 8.64. The van der Waals surface area contributed by atoms with Gasteiger partial charge in [-0.3, -0.25) is 0 Å². The fourth-order valence-electron chi connectivity index (χ4n) is 0.894. The summed E-state index contributed by atoms with van der Waals surface area (Å²) >= 11 is -0.941. The van der Waals surface area contributed by atoms with E-state index in [9.17, 15) is 0 Å². The normalized spacial score (nSPS) is 24.9. The van der Waals surface area contributed by atoms with Crippen LogP contribution in [-0.2, 0) is 0 Å². The average molecular weight is 426 g/mol. The van der Waals surface area contributed by atoms with Crippen molar-refractivity contribution in [3.8, 4) is 0 Å². The fraction of sp³-hybridized carbons (Fsp3) is 1.00. The fourth-order valence-corrected chi connectivity index (χ4v) is 41.8. The molecule has 0 saturated carbocycles. The van der Waals surface area contributed by atoms with Crippen molar-refractivity contribution in [1.82, 2.24) is 0 Å². The molecule has 2 saturated heterocycles. The molecule has 2 heterocycles. The molecular formula is C6H12As2S6. The van der Waals surface area contributed by atoms with Gasteiger partial charge in [0.05, 0.1) is 0 Å². The third-order valence-corrected chi connectivity index (χ3v) is 40.4. The van der Waals surface area contributed by atoms with E-state index in [2.05, 4.69) is 60.1 Å². The molecule has 0 aromatic heterocycles. The van der Waals surface area contributed by atoms with Crippen molar-refractivity contribution in [1.29, 1.82) is 0 Å². The summed E-state index contributed by atoms with van der Waals surface area (Å²) in [6.07, 6.45) is 0. The van der Waals surface area contributed by atoms with E-state index in [0.717, 1.165) is 0 Å². The first-order valence-corrected chi connectivity index (χ1v) is 23.8. The van der Waals surface area contributed by atoms with Gasteiger partial charge in [0, 0.05) is 0 Å². The summed E-state index contributed by atoms with van der Waals surface area (Å²) in [5.41, 5.74) is 0. The van der Waals surface area contributed by atoms with Crippen LogP contribution in [0.25, 0.3) is 0 Å². The second kappa shape index (κ2) is 8.34. The van der Waals surface area contributed by atoms with Crippen LogP contribution in [0, 0.1) is 0 Å². The Morgan fingerprint density at radius 2 is 1.07 bits per heavy atom. The molecule has 0 aliphatic carbocycles. The molecule has 0 spiro atoms. The Morgan fingerprint density at radius 3 is 1.43 bits per heavy atom. The molecule has 2 rings (SSSR count). The number of hydrogen-bond donors (Lipinski definition) is 0. The van der Waals surface area contributed by atoms with E-state index in [1.165, 1.54) is 34.5 Å². The average Bonchev–Trinajstić information content (AvgIpc) is 2.86. The molecule has 0 aromatic rings. The van der Waals surface area contributed by atoms with E-state index < -0.39 is 22.4 Å². The Labute approximate surface area is 115 Å². The van der Waals surface area contributed by atoms with Gasteiger partial charge in [0.25, 0.3) is 0 Å². The van der Waals surface area contributed by atoms with Gasteiger partial charge >= 0.3 is 117 Å². The van der Waals surface area contributed by atoms with Gasteiger partial charge in [-0.1, -0.05) is 0 Å². The van der Waals surface area contributed by atoms with Crippen LogP contribution >= 0.6 is 60.1 Å². The zero-order valence-electron chi connectivity index (χ0n) is 7.59. The van der Waals surface area contributed by atoms with Crippen molar-refractivity contribution >= 4 is 82.5 Å². The zero-order valence-corrected chi connectivity index (χ0v) is 16.2. The summed E-state index contributed by atoms with van der Waals surface area (Å²) in [5, 5.41) is 0. The van der Waals surface area contributed by atoms with Gasteiger partial charge in [-0.05, 0) is 0 Å². The first-order valence-electron chi connectivity index (χ1n) is 4.33. The predicted molar refractivity (Wildman–Crippen MR) is 86.3 cm³/mol. The Bertz CT molecular complexity index is 140. The Balaban J connectivity index is 1.46. The molecule has 0 radical (unpaired) electrons. The SMILES string of the molecule is C1CS[As](SCCS[As]2SCCS2)S1. The molecule has 0 bridgehead atoms. The van der Waals surface area contributed by atoms with Crippen molar-refractivity contribution in [2.24, 2.45) is 0 Å². The molecule has 0 atom stereocenters. The monoisotopic (exact) mass is 426 g/mol.